The summed E-state index contributed by atoms with van der Waals surface area (Å²) in [6, 6.07) is 0.839. The minimum Gasteiger partial charge on any atom is -0.337 e. The Labute approximate surface area is 118 Å². The first-order valence-electron chi connectivity index (χ1n) is 7.54. The molecule has 19 heavy (non-hydrogen) atoms. The third-order valence-corrected chi connectivity index (χ3v) is 3.79. The first-order chi connectivity index (χ1) is 9.08. The van der Waals surface area contributed by atoms with Crippen LogP contribution in [0, 0.1) is 0 Å². The molecule has 0 radical (unpaired) electrons. The number of aryl methyl sites for hydroxylation is 1. The van der Waals surface area contributed by atoms with Crippen LogP contribution in [0.25, 0.3) is 0 Å². The lowest BCUT2D eigenvalue weighted by Gasteiger charge is -2.22. The van der Waals surface area contributed by atoms with E-state index in [1.807, 2.05) is 19.4 Å². The smallest absolute Gasteiger partial charge is 0.125 e. The number of hydrogen-bond donors (Lipinski definition) is 1. The van der Waals surface area contributed by atoms with Gasteiger partial charge in [0.25, 0.3) is 0 Å². The molecule has 4 nitrogen and oxygen atoms in total. The third-order valence-electron chi connectivity index (χ3n) is 3.79. The molecule has 1 N–H and O–H groups in total. The number of rotatable bonds is 9. The van der Waals surface area contributed by atoms with Crippen molar-refractivity contribution in [1.29, 1.82) is 0 Å². The average molecular weight is 266 g/mol. The van der Waals surface area contributed by atoms with E-state index in [2.05, 4.69) is 47.5 Å². The van der Waals surface area contributed by atoms with Crippen LogP contribution in [0.3, 0.4) is 0 Å². The van der Waals surface area contributed by atoms with Crippen molar-refractivity contribution in [2.24, 2.45) is 7.05 Å². The van der Waals surface area contributed by atoms with Crippen LogP contribution in [0.1, 0.15) is 52.4 Å². The van der Waals surface area contributed by atoms with Crippen LogP contribution in [-0.4, -0.2) is 40.1 Å². The minimum atomic E-state index is 0.309. The van der Waals surface area contributed by atoms with E-state index in [1.165, 1.54) is 19.4 Å². The number of nitrogens with zero attached hydrogens (tertiary/aromatic N) is 3. The summed E-state index contributed by atoms with van der Waals surface area (Å²) in [6.45, 7) is 12.4. The van der Waals surface area contributed by atoms with Gasteiger partial charge in [0.2, 0.25) is 0 Å². The average Bonchev–Trinajstić information content (AvgIpc) is 2.81. The Kier molecular flexibility index (Phi) is 7.10. The first-order valence-corrected chi connectivity index (χ1v) is 7.54. The van der Waals surface area contributed by atoms with E-state index in [0.717, 1.165) is 18.9 Å². The van der Waals surface area contributed by atoms with Gasteiger partial charge < -0.3 is 14.8 Å². The Morgan fingerprint density at radius 2 is 2.00 bits per heavy atom. The fourth-order valence-electron chi connectivity index (χ4n) is 2.54. The molecule has 1 heterocycles. The van der Waals surface area contributed by atoms with Crippen LogP contribution in [0.5, 0.6) is 0 Å². The Bertz CT molecular complexity index is 344. The Morgan fingerprint density at radius 3 is 2.53 bits per heavy atom. The zero-order valence-electron chi connectivity index (χ0n) is 13.2. The standard InChI is InChI=1S/C15H30N4/c1-6-19(7-2)11-8-9-13(3)17-14(4)15-16-10-12-18(15)5/h10,12-14,17H,6-9,11H2,1-5H3. The summed E-state index contributed by atoms with van der Waals surface area (Å²) in [4.78, 5) is 6.88. The molecule has 0 bridgehead atoms. The summed E-state index contributed by atoms with van der Waals surface area (Å²) < 4.78 is 2.08. The molecule has 0 saturated carbocycles. The fraction of sp³-hybridized carbons (Fsp3) is 0.800. The highest BCUT2D eigenvalue weighted by molar-refractivity contribution is 4.97. The van der Waals surface area contributed by atoms with Gasteiger partial charge in [-0.1, -0.05) is 13.8 Å². The zero-order valence-corrected chi connectivity index (χ0v) is 13.2. The summed E-state index contributed by atoms with van der Waals surface area (Å²) in [5, 5.41) is 3.63. The molecule has 0 aliphatic rings. The van der Waals surface area contributed by atoms with Crippen molar-refractivity contribution < 1.29 is 0 Å². The van der Waals surface area contributed by atoms with Crippen LogP contribution < -0.4 is 5.32 Å². The van der Waals surface area contributed by atoms with Gasteiger partial charge in [-0.2, -0.15) is 0 Å². The molecule has 0 aliphatic heterocycles. The molecule has 0 aromatic carbocycles. The topological polar surface area (TPSA) is 33.1 Å². The van der Waals surface area contributed by atoms with E-state index in [9.17, 15) is 0 Å². The molecule has 0 amide bonds. The van der Waals surface area contributed by atoms with Crippen molar-refractivity contribution >= 4 is 0 Å². The molecule has 2 unspecified atom stereocenters. The number of aromatic nitrogens is 2. The van der Waals surface area contributed by atoms with Crippen LogP contribution in [-0.2, 0) is 7.05 Å². The fourth-order valence-corrected chi connectivity index (χ4v) is 2.54. The van der Waals surface area contributed by atoms with Crippen LogP contribution in [0.2, 0.25) is 0 Å². The maximum absolute atomic E-state index is 4.40. The first kappa shape index (κ1) is 16.2. The highest BCUT2D eigenvalue weighted by atomic mass is 15.1. The molecule has 2 atom stereocenters. The number of hydrogen-bond acceptors (Lipinski definition) is 3. The lowest BCUT2D eigenvalue weighted by atomic mass is 10.1. The minimum absolute atomic E-state index is 0.309. The van der Waals surface area contributed by atoms with E-state index < -0.39 is 0 Å². The van der Waals surface area contributed by atoms with Crippen LogP contribution in [0.15, 0.2) is 12.4 Å². The van der Waals surface area contributed by atoms with Crippen molar-refractivity contribution in [1.82, 2.24) is 19.8 Å². The summed E-state index contributed by atoms with van der Waals surface area (Å²) in [7, 11) is 2.05. The van der Waals surface area contributed by atoms with Gasteiger partial charge in [-0.25, -0.2) is 4.98 Å². The summed E-state index contributed by atoms with van der Waals surface area (Å²) in [5.41, 5.74) is 0. The van der Waals surface area contributed by atoms with Gasteiger partial charge >= 0.3 is 0 Å². The van der Waals surface area contributed by atoms with Crippen molar-refractivity contribution in [2.75, 3.05) is 19.6 Å². The molecule has 110 valence electrons. The second-order valence-electron chi connectivity index (χ2n) is 5.35. The van der Waals surface area contributed by atoms with E-state index in [0.29, 0.717) is 12.1 Å². The monoisotopic (exact) mass is 266 g/mol. The Morgan fingerprint density at radius 1 is 1.32 bits per heavy atom. The van der Waals surface area contributed by atoms with Crippen molar-refractivity contribution in [3.63, 3.8) is 0 Å². The molecular formula is C15H30N4. The van der Waals surface area contributed by atoms with Gasteiger partial charge in [-0.3, -0.25) is 0 Å². The molecule has 1 aromatic rings. The van der Waals surface area contributed by atoms with Crippen molar-refractivity contribution in [3.8, 4) is 0 Å². The Balaban J connectivity index is 2.27. The maximum atomic E-state index is 4.40. The quantitative estimate of drug-likeness (QED) is 0.746. The zero-order chi connectivity index (χ0) is 14.3. The van der Waals surface area contributed by atoms with E-state index >= 15 is 0 Å². The summed E-state index contributed by atoms with van der Waals surface area (Å²) in [5.74, 6) is 1.11. The second-order valence-corrected chi connectivity index (χ2v) is 5.35. The lowest BCUT2D eigenvalue weighted by Crippen LogP contribution is -2.32. The molecule has 0 saturated heterocycles. The van der Waals surface area contributed by atoms with Crippen molar-refractivity contribution in [3.05, 3.63) is 18.2 Å². The highest BCUT2D eigenvalue weighted by Crippen LogP contribution is 2.11. The van der Waals surface area contributed by atoms with E-state index in [-0.39, 0.29) is 0 Å². The van der Waals surface area contributed by atoms with Gasteiger partial charge in [0.05, 0.1) is 6.04 Å². The van der Waals surface area contributed by atoms with Crippen LogP contribution in [0.4, 0.5) is 0 Å². The van der Waals surface area contributed by atoms with Gasteiger partial charge in [0, 0.05) is 25.5 Å². The van der Waals surface area contributed by atoms with Crippen molar-refractivity contribution in [2.45, 2.75) is 52.6 Å². The normalized spacial score (nSPS) is 14.8. The van der Waals surface area contributed by atoms with E-state index in [4.69, 9.17) is 0 Å². The maximum Gasteiger partial charge on any atom is 0.125 e. The SMILES string of the molecule is CCN(CC)CCCC(C)NC(C)c1nccn1C. The molecule has 4 heteroatoms. The molecule has 1 rings (SSSR count). The molecule has 0 aliphatic carbocycles. The van der Waals surface area contributed by atoms with Gasteiger partial charge in [-0.15, -0.1) is 0 Å². The van der Waals surface area contributed by atoms with Crippen LogP contribution >= 0.6 is 0 Å². The molecular weight excluding hydrogens is 236 g/mol. The predicted molar refractivity (Wildman–Crippen MR) is 81.2 cm³/mol. The molecule has 0 fully saturated rings. The number of nitrogens with one attached hydrogen (secondary N) is 1. The second kappa shape index (κ2) is 8.33. The third kappa shape index (κ3) is 5.33. The lowest BCUT2D eigenvalue weighted by molar-refractivity contribution is 0.288. The molecule has 0 spiro atoms. The summed E-state index contributed by atoms with van der Waals surface area (Å²) in [6.07, 6.45) is 6.32. The Hall–Kier alpha value is -0.870. The molecule has 1 aromatic heterocycles. The largest absolute Gasteiger partial charge is 0.337 e. The summed E-state index contributed by atoms with van der Waals surface area (Å²) >= 11 is 0. The number of imidazole rings is 1. The van der Waals surface area contributed by atoms with E-state index in [1.54, 1.807) is 0 Å². The predicted octanol–water partition coefficient (Wildman–Crippen LogP) is 2.58. The van der Waals surface area contributed by atoms with Gasteiger partial charge in [-0.05, 0) is 46.3 Å². The van der Waals surface area contributed by atoms with Gasteiger partial charge in [0.15, 0.2) is 0 Å². The van der Waals surface area contributed by atoms with Gasteiger partial charge in [0.1, 0.15) is 5.82 Å². The highest BCUT2D eigenvalue weighted by Gasteiger charge is 2.13.